The van der Waals surface area contributed by atoms with Gasteiger partial charge in [-0.25, -0.2) is 0 Å². The van der Waals surface area contributed by atoms with Crippen LogP contribution in [0, 0.1) is 17.7 Å². The third kappa shape index (κ3) is 4.39. The maximum atomic E-state index is 13.3. The highest BCUT2D eigenvalue weighted by Gasteiger charge is 2.26. The van der Waals surface area contributed by atoms with E-state index in [-0.39, 0.29) is 11.6 Å². The second kappa shape index (κ2) is 10.2. The van der Waals surface area contributed by atoms with E-state index in [4.69, 9.17) is 0 Å². The van der Waals surface area contributed by atoms with Gasteiger partial charge in [-0.05, 0) is 61.2 Å². The fourth-order valence-corrected chi connectivity index (χ4v) is 5.85. The van der Waals surface area contributed by atoms with Crippen molar-refractivity contribution in [2.75, 3.05) is 0 Å². The standard InChI is InChI=1S/C31H32N2O3/c1-3-33-27-15-13-22(30(32-36)29(34)17-21-10-5-4-6-11-21)18-25(27)26-19-23(14-16-28(26)33)31(35)24-12-8-7-9-20(24)2/h7-9,12-16,18-19,21,30H,3-6,10-11,17H2,1-2H3. The predicted molar refractivity (Wildman–Crippen MR) is 144 cm³/mol. The molecule has 3 aromatic carbocycles. The van der Waals surface area contributed by atoms with Gasteiger partial charge in [0.05, 0.1) is 0 Å². The molecule has 1 aliphatic carbocycles. The topological polar surface area (TPSA) is 68.5 Å². The fraction of sp³-hybridized carbons (Fsp3) is 0.355. The van der Waals surface area contributed by atoms with Gasteiger partial charge in [0.25, 0.3) is 0 Å². The van der Waals surface area contributed by atoms with Gasteiger partial charge in [-0.3, -0.25) is 9.59 Å². The number of hydrogen-bond donors (Lipinski definition) is 0. The molecule has 0 N–H and O–H groups in total. The van der Waals surface area contributed by atoms with E-state index in [0.29, 0.717) is 29.0 Å². The number of rotatable bonds is 8. The summed E-state index contributed by atoms with van der Waals surface area (Å²) in [4.78, 5) is 38.3. The molecular formula is C31H32N2O3. The van der Waals surface area contributed by atoms with Gasteiger partial charge in [-0.2, -0.15) is 0 Å². The highest BCUT2D eigenvalue weighted by molar-refractivity contribution is 6.15. The van der Waals surface area contributed by atoms with Crippen molar-refractivity contribution < 1.29 is 9.59 Å². The minimum Gasteiger partial charge on any atom is -0.341 e. The number of ketones is 2. The molecule has 4 aromatic rings. The highest BCUT2D eigenvalue weighted by atomic mass is 16.3. The Bertz CT molecular complexity index is 1460. The predicted octanol–water partition coefficient (Wildman–Crippen LogP) is 7.70. The van der Waals surface area contributed by atoms with E-state index < -0.39 is 6.04 Å². The number of nitrogens with zero attached hydrogens (tertiary/aromatic N) is 2. The molecule has 1 atom stereocenters. The Morgan fingerprint density at radius 3 is 2.33 bits per heavy atom. The maximum Gasteiger partial charge on any atom is 0.193 e. The van der Waals surface area contributed by atoms with Crippen molar-refractivity contribution in [1.82, 2.24) is 4.57 Å². The number of aromatic nitrogens is 1. The summed E-state index contributed by atoms with van der Waals surface area (Å²) in [7, 11) is 0. The Labute approximate surface area is 211 Å². The zero-order valence-corrected chi connectivity index (χ0v) is 21.0. The molecular weight excluding hydrogens is 448 g/mol. The number of carbonyl (C=O) groups excluding carboxylic acids is 2. The van der Waals surface area contributed by atoms with E-state index in [1.807, 2.05) is 67.6 Å². The van der Waals surface area contributed by atoms with Crippen LogP contribution in [0.4, 0.5) is 0 Å². The van der Waals surface area contributed by atoms with Crippen LogP contribution in [0.2, 0.25) is 0 Å². The lowest BCUT2D eigenvalue weighted by molar-refractivity contribution is -0.121. The molecule has 1 aromatic heterocycles. The van der Waals surface area contributed by atoms with Gasteiger partial charge in [0.1, 0.15) is 0 Å². The Morgan fingerprint density at radius 1 is 0.944 bits per heavy atom. The second-order valence-corrected chi connectivity index (χ2v) is 10.1. The average molecular weight is 481 g/mol. The van der Waals surface area contributed by atoms with E-state index in [1.165, 1.54) is 6.42 Å². The van der Waals surface area contributed by atoms with Gasteiger partial charge in [-0.1, -0.05) is 67.6 Å². The summed E-state index contributed by atoms with van der Waals surface area (Å²) in [6.45, 7) is 4.79. The molecule has 0 radical (unpaired) electrons. The number of nitroso groups, excluding NO2 is 1. The van der Waals surface area contributed by atoms with Gasteiger partial charge in [-0.15, -0.1) is 4.91 Å². The Hall–Kier alpha value is -3.60. The van der Waals surface area contributed by atoms with Crippen LogP contribution in [-0.2, 0) is 11.3 Å². The third-order valence-electron chi connectivity index (χ3n) is 7.80. The van der Waals surface area contributed by atoms with Crippen molar-refractivity contribution in [3.05, 3.63) is 87.8 Å². The van der Waals surface area contributed by atoms with Gasteiger partial charge in [0, 0.05) is 45.9 Å². The Balaban J connectivity index is 1.56. The molecule has 1 aliphatic rings. The van der Waals surface area contributed by atoms with Crippen molar-refractivity contribution in [3.63, 3.8) is 0 Å². The summed E-state index contributed by atoms with van der Waals surface area (Å²) >= 11 is 0. The average Bonchev–Trinajstić information content (AvgIpc) is 3.22. The first-order valence-corrected chi connectivity index (χ1v) is 13.0. The zero-order valence-electron chi connectivity index (χ0n) is 21.0. The summed E-state index contributed by atoms with van der Waals surface area (Å²) < 4.78 is 2.20. The molecule has 5 heteroatoms. The van der Waals surface area contributed by atoms with Gasteiger partial charge < -0.3 is 4.57 Å². The SMILES string of the molecule is CCn1c2ccc(C(=O)c3ccccc3C)cc2c2cc(C(N=O)C(=O)CC3CCCCC3)ccc21. The zero-order chi connectivity index (χ0) is 25.2. The van der Waals surface area contributed by atoms with E-state index >= 15 is 0 Å². The molecule has 1 unspecified atom stereocenters. The van der Waals surface area contributed by atoms with Crippen molar-refractivity contribution in [3.8, 4) is 0 Å². The highest BCUT2D eigenvalue weighted by Crippen LogP contribution is 2.35. The van der Waals surface area contributed by atoms with Gasteiger partial charge >= 0.3 is 0 Å². The van der Waals surface area contributed by atoms with Crippen LogP contribution in [0.3, 0.4) is 0 Å². The van der Waals surface area contributed by atoms with Crippen molar-refractivity contribution >= 4 is 33.4 Å². The lowest BCUT2D eigenvalue weighted by atomic mass is 9.84. The van der Waals surface area contributed by atoms with E-state index in [1.54, 1.807) is 0 Å². The van der Waals surface area contributed by atoms with Crippen LogP contribution in [0.1, 0.15) is 78.5 Å². The molecule has 0 bridgehead atoms. The first-order valence-electron chi connectivity index (χ1n) is 13.0. The lowest BCUT2D eigenvalue weighted by Crippen LogP contribution is -2.17. The molecule has 5 nitrogen and oxygen atoms in total. The molecule has 36 heavy (non-hydrogen) atoms. The minimum atomic E-state index is -0.992. The molecule has 0 saturated heterocycles. The summed E-state index contributed by atoms with van der Waals surface area (Å²) in [5.41, 5.74) is 4.92. The normalized spacial score (nSPS) is 15.3. The minimum absolute atomic E-state index is 0.0151. The Kier molecular flexibility index (Phi) is 6.82. The van der Waals surface area contributed by atoms with E-state index in [0.717, 1.165) is 59.6 Å². The largest absolute Gasteiger partial charge is 0.341 e. The molecule has 0 aliphatic heterocycles. The smallest absolute Gasteiger partial charge is 0.193 e. The van der Waals surface area contributed by atoms with Crippen LogP contribution in [0.25, 0.3) is 21.8 Å². The van der Waals surface area contributed by atoms with Crippen molar-refractivity contribution in [2.24, 2.45) is 11.1 Å². The molecule has 1 heterocycles. The Morgan fingerprint density at radius 2 is 1.64 bits per heavy atom. The molecule has 0 spiro atoms. The first-order chi connectivity index (χ1) is 17.5. The summed E-state index contributed by atoms with van der Waals surface area (Å²) in [5, 5.41) is 5.15. The number of fused-ring (bicyclic) bond motifs is 3. The lowest BCUT2D eigenvalue weighted by Gasteiger charge is -2.21. The molecule has 184 valence electrons. The van der Waals surface area contributed by atoms with Crippen LogP contribution in [-0.4, -0.2) is 16.1 Å². The van der Waals surface area contributed by atoms with E-state index in [9.17, 15) is 14.5 Å². The fourth-order valence-electron chi connectivity index (χ4n) is 5.85. The molecule has 5 rings (SSSR count). The summed E-state index contributed by atoms with van der Waals surface area (Å²) in [6, 6.07) is 18.2. The number of aryl methyl sites for hydroxylation is 2. The quantitative estimate of drug-likeness (QED) is 0.192. The van der Waals surface area contributed by atoms with E-state index in [2.05, 4.69) is 16.7 Å². The third-order valence-corrected chi connectivity index (χ3v) is 7.80. The van der Waals surface area contributed by atoms with Crippen molar-refractivity contribution in [1.29, 1.82) is 0 Å². The number of benzene rings is 3. The first kappa shape index (κ1) is 24.1. The van der Waals surface area contributed by atoms with Crippen LogP contribution < -0.4 is 0 Å². The van der Waals surface area contributed by atoms with Crippen LogP contribution in [0.15, 0.2) is 65.8 Å². The van der Waals surface area contributed by atoms with Crippen molar-refractivity contribution in [2.45, 2.75) is 65.0 Å². The molecule has 1 saturated carbocycles. The number of Topliss-reactive ketones (excluding diaryl/α,β-unsaturated/α-hetero) is 1. The van der Waals surface area contributed by atoms with Crippen LogP contribution >= 0.6 is 0 Å². The molecule has 0 amide bonds. The van der Waals surface area contributed by atoms with Gasteiger partial charge in [0.15, 0.2) is 17.6 Å². The number of carbonyl (C=O) groups is 2. The number of hydrogen-bond acceptors (Lipinski definition) is 4. The monoisotopic (exact) mass is 480 g/mol. The summed E-state index contributed by atoms with van der Waals surface area (Å²) in [6.07, 6.45) is 6.06. The maximum absolute atomic E-state index is 13.3. The molecule has 1 fully saturated rings. The van der Waals surface area contributed by atoms with Crippen LogP contribution in [0.5, 0.6) is 0 Å². The second-order valence-electron chi connectivity index (χ2n) is 10.1. The summed E-state index contributed by atoms with van der Waals surface area (Å²) in [5.74, 6) is 0.251. The van der Waals surface area contributed by atoms with Gasteiger partial charge in [0.2, 0.25) is 0 Å².